The number of rotatable bonds is 0. The molecule has 2 aromatic rings. The van der Waals surface area contributed by atoms with Crippen molar-refractivity contribution in [1.82, 2.24) is 9.55 Å². The Morgan fingerprint density at radius 2 is 1.67 bits per heavy atom. The van der Waals surface area contributed by atoms with Crippen LogP contribution in [0.1, 0.15) is 31.9 Å². The van der Waals surface area contributed by atoms with Crippen molar-refractivity contribution in [2.45, 2.75) is 40.2 Å². The second-order valence-electron chi connectivity index (χ2n) is 5.18. The van der Waals surface area contributed by atoms with Gasteiger partial charge in [0.1, 0.15) is 0 Å². The highest BCUT2D eigenvalue weighted by Crippen LogP contribution is 2.26. The van der Waals surface area contributed by atoms with E-state index in [-0.39, 0.29) is 5.54 Å². The summed E-state index contributed by atoms with van der Waals surface area (Å²) in [4.78, 5) is 4.51. The van der Waals surface area contributed by atoms with Gasteiger partial charge in [-0.2, -0.15) is 0 Å². The van der Waals surface area contributed by atoms with Crippen LogP contribution in [0.2, 0.25) is 0 Å². The van der Waals surface area contributed by atoms with E-state index in [1.54, 1.807) is 0 Å². The van der Waals surface area contributed by atoms with Crippen molar-refractivity contribution >= 4 is 11.0 Å². The molecule has 0 N–H and O–H groups in total. The van der Waals surface area contributed by atoms with Gasteiger partial charge in [0.15, 0.2) is 0 Å². The number of imidazole rings is 1. The first-order chi connectivity index (χ1) is 6.91. The molecule has 0 atom stereocenters. The van der Waals surface area contributed by atoms with E-state index in [4.69, 9.17) is 0 Å². The molecule has 0 aliphatic carbocycles. The van der Waals surface area contributed by atoms with Crippen molar-refractivity contribution in [3.8, 4) is 0 Å². The van der Waals surface area contributed by atoms with Gasteiger partial charge in [0, 0.05) is 5.54 Å². The van der Waals surface area contributed by atoms with Gasteiger partial charge in [-0.1, -0.05) is 12.1 Å². The fourth-order valence-corrected chi connectivity index (χ4v) is 1.93. The first-order valence-electron chi connectivity index (χ1n) is 5.35. The van der Waals surface area contributed by atoms with E-state index >= 15 is 0 Å². The van der Waals surface area contributed by atoms with Crippen LogP contribution in [0.15, 0.2) is 18.5 Å². The van der Waals surface area contributed by atoms with Gasteiger partial charge in [0.05, 0.1) is 17.4 Å². The lowest BCUT2D eigenvalue weighted by molar-refractivity contribution is 0.408. The predicted molar refractivity (Wildman–Crippen MR) is 64.2 cm³/mol. The molecule has 0 amide bonds. The van der Waals surface area contributed by atoms with Crippen LogP contribution in [0.5, 0.6) is 0 Å². The third-order valence-corrected chi connectivity index (χ3v) is 2.82. The minimum atomic E-state index is 0.0906. The Hall–Kier alpha value is -1.31. The molecule has 15 heavy (non-hydrogen) atoms. The molecule has 80 valence electrons. The fraction of sp³-hybridized carbons (Fsp3) is 0.462. The predicted octanol–water partition coefficient (Wildman–Crippen LogP) is 3.41. The zero-order valence-corrected chi connectivity index (χ0v) is 10.1. The summed E-state index contributed by atoms with van der Waals surface area (Å²) in [6, 6.07) is 4.30. The van der Waals surface area contributed by atoms with Gasteiger partial charge in [-0.25, -0.2) is 4.98 Å². The number of aromatic nitrogens is 2. The smallest absolute Gasteiger partial charge is 0.0963 e. The maximum Gasteiger partial charge on any atom is 0.0963 e. The molecular weight excluding hydrogens is 184 g/mol. The normalized spacial score (nSPS) is 12.3. The number of hydrogen-bond acceptors (Lipinski definition) is 1. The molecular formula is C13H18N2. The molecule has 0 bridgehead atoms. The first-order valence-corrected chi connectivity index (χ1v) is 5.35. The quantitative estimate of drug-likeness (QED) is 0.640. The van der Waals surface area contributed by atoms with Crippen molar-refractivity contribution in [3.63, 3.8) is 0 Å². The van der Waals surface area contributed by atoms with Crippen LogP contribution in [-0.4, -0.2) is 9.55 Å². The molecule has 1 heterocycles. The van der Waals surface area contributed by atoms with Gasteiger partial charge in [-0.05, 0) is 45.7 Å². The summed E-state index contributed by atoms with van der Waals surface area (Å²) in [5.41, 5.74) is 5.03. The monoisotopic (exact) mass is 202 g/mol. The Labute approximate surface area is 90.9 Å². The lowest BCUT2D eigenvalue weighted by Gasteiger charge is -2.22. The first kappa shape index (κ1) is 10.2. The van der Waals surface area contributed by atoms with Crippen molar-refractivity contribution in [2.75, 3.05) is 0 Å². The van der Waals surface area contributed by atoms with E-state index in [2.05, 4.69) is 56.3 Å². The van der Waals surface area contributed by atoms with Crippen molar-refractivity contribution < 1.29 is 0 Å². The second-order valence-corrected chi connectivity index (χ2v) is 5.18. The number of nitrogens with zero attached hydrogens (tertiary/aromatic N) is 2. The lowest BCUT2D eigenvalue weighted by atomic mass is 10.1. The van der Waals surface area contributed by atoms with E-state index in [0.717, 1.165) is 5.52 Å². The highest BCUT2D eigenvalue weighted by molar-refractivity contribution is 5.82. The second kappa shape index (κ2) is 3.09. The van der Waals surface area contributed by atoms with Crippen LogP contribution in [0.3, 0.4) is 0 Å². The van der Waals surface area contributed by atoms with Gasteiger partial charge < -0.3 is 4.57 Å². The summed E-state index contributed by atoms with van der Waals surface area (Å²) in [7, 11) is 0. The number of benzene rings is 1. The minimum absolute atomic E-state index is 0.0906. The van der Waals surface area contributed by atoms with Crippen LogP contribution in [0.25, 0.3) is 11.0 Å². The molecule has 2 rings (SSSR count). The zero-order chi connectivity index (χ0) is 11.2. The molecule has 0 spiro atoms. The van der Waals surface area contributed by atoms with Gasteiger partial charge in [0.2, 0.25) is 0 Å². The van der Waals surface area contributed by atoms with E-state index in [1.807, 2.05) is 6.33 Å². The molecule has 0 unspecified atom stereocenters. The largest absolute Gasteiger partial charge is 0.325 e. The molecule has 1 aromatic carbocycles. The molecule has 0 aliphatic rings. The Bertz CT molecular complexity index is 501. The summed E-state index contributed by atoms with van der Waals surface area (Å²) in [6.45, 7) is 10.9. The highest BCUT2D eigenvalue weighted by Gasteiger charge is 2.17. The standard InChI is InChI=1S/C13H18N2/c1-9-6-7-10(2)12-11(9)14-8-15(12)13(3,4)5/h6-8H,1-5H3. The Balaban J connectivity index is 2.85. The van der Waals surface area contributed by atoms with Gasteiger partial charge in [0.25, 0.3) is 0 Å². The fourth-order valence-electron chi connectivity index (χ4n) is 1.93. The zero-order valence-electron chi connectivity index (χ0n) is 10.1. The molecule has 0 radical (unpaired) electrons. The summed E-state index contributed by atoms with van der Waals surface area (Å²) in [5, 5.41) is 0. The molecule has 0 saturated carbocycles. The van der Waals surface area contributed by atoms with Crippen LogP contribution in [-0.2, 0) is 5.54 Å². The number of fused-ring (bicyclic) bond motifs is 1. The average molecular weight is 202 g/mol. The highest BCUT2D eigenvalue weighted by atomic mass is 15.1. The average Bonchev–Trinajstić information content (AvgIpc) is 2.55. The van der Waals surface area contributed by atoms with E-state index in [9.17, 15) is 0 Å². The topological polar surface area (TPSA) is 17.8 Å². The molecule has 0 saturated heterocycles. The summed E-state index contributed by atoms with van der Waals surface area (Å²) >= 11 is 0. The van der Waals surface area contributed by atoms with Crippen molar-refractivity contribution in [3.05, 3.63) is 29.6 Å². The minimum Gasteiger partial charge on any atom is -0.325 e. The molecule has 2 heteroatoms. The maximum absolute atomic E-state index is 4.51. The maximum atomic E-state index is 4.51. The third-order valence-electron chi connectivity index (χ3n) is 2.82. The van der Waals surface area contributed by atoms with E-state index in [0.29, 0.717) is 0 Å². The Kier molecular flexibility index (Phi) is 2.10. The summed E-state index contributed by atoms with van der Waals surface area (Å²) in [6.07, 6.45) is 1.95. The molecule has 1 aromatic heterocycles. The number of hydrogen-bond donors (Lipinski definition) is 0. The van der Waals surface area contributed by atoms with Gasteiger partial charge in [-0.3, -0.25) is 0 Å². The van der Waals surface area contributed by atoms with Crippen molar-refractivity contribution in [1.29, 1.82) is 0 Å². The van der Waals surface area contributed by atoms with E-state index < -0.39 is 0 Å². The molecule has 2 nitrogen and oxygen atoms in total. The summed E-state index contributed by atoms with van der Waals surface area (Å²) < 4.78 is 2.25. The SMILES string of the molecule is Cc1ccc(C)c2c1ncn2C(C)(C)C. The lowest BCUT2D eigenvalue weighted by Crippen LogP contribution is -2.20. The van der Waals surface area contributed by atoms with Crippen molar-refractivity contribution in [2.24, 2.45) is 0 Å². The van der Waals surface area contributed by atoms with Crippen LogP contribution in [0.4, 0.5) is 0 Å². The number of aryl methyl sites for hydroxylation is 2. The van der Waals surface area contributed by atoms with Crippen LogP contribution >= 0.6 is 0 Å². The Morgan fingerprint density at radius 1 is 1.07 bits per heavy atom. The molecule has 0 fully saturated rings. The van der Waals surface area contributed by atoms with Crippen LogP contribution < -0.4 is 0 Å². The van der Waals surface area contributed by atoms with Crippen LogP contribution in [0, 0.1) is 13.8 Å². The van der Waals surface area contributed by atoms with E-state index in [1.165, 1.54) is 16.6 Å². The summed E-state index contributed by atoms with van der Waals surface area (Å²) in [5.74, 6) is 0. The third kappa shape index (κ3) is 1.54. The van der Waals surface area contributed by atoms with Gasteiger partial charge in [-0.15, -0.1) is 0 Å². The Morgan fingerprint density at radius 3 is 2.27 bits per heavy atom. The van der Waals surface area contributed by atoms with Gasteiger partial charge >= 0.3 is 0 Å². The molecule has 0 aliphatic heterocycles.